The molecule has 1 unspecified atom stereocenters. The summed E-state index contributed by atoms with van der Waals surface area (Å²) in [6.07, 6.45) is 3.15. The van der Waals surface area contributed by atoms with Crippen molar-refractivity contribution in [2.24, 2.45) is 5.92 Å². The van der Waals surface area contributed by atoms with Gasteiger partial charge < -0.3 is 7.65 Å². The van der Waals surface area contributed by atoms with E-state index in [4.69, 9.17) is 0 Å². The van der Waals surface area contributed by atoms with E-state index in [-0.39, 0.29) is 31.8 Å². The molecule has 0 fully saturated rings. The van der Waals surface area contributed by atoms with E-state index < -0.39 is 0 Å². The summed E-state index contributed by atoms with van der Waals surface area (Å²) in [5.41, 5.74) is 0. The first-order chi connectivity index (χ1) is 3.31. The SMILES string of the molecule is CCCC(C)C=O.[H-].[H-].[Mg+2]. The molecule has 0 aliphatic carbocycles. The quantitative estimate of drug-likeness (QED) is 0.413. The van der Waals surface area contributed by atoms with Crippen LogP contribution in [-0.2, 0) is 4.79 Å². The van der Waals surface area contributed by atoms with Gasteiger partial charge in [0.1, 0.15) is 6.29 Å². The summed E-state index contributed by atoms with van der Waals surface area (Å²) >= 11 is 0. The summed E-state index contributed by atoms with van der Waals surface area (Å²) in [6.45, 7) is 4.02. The molecule has 0 saturated heterocycles. The Kier molecular flexibility index (Phi) is 10.5. The van der Waals surface area contributed by atoms with Crippen LogP contribution in [0.1, 0.15) is 29.5 Å². The van der Waals surface area contributed by atoms with Crippen LogP contribution < -0.4 is 0 Å². The molecule has 0 aromatic carbocycles. The fourth-order valence-corrected chi connectivity index (χ4v) is 0.523. The third-order valence-corrected chi connectivity index (χ3v) is 0.976. The predicted molar refractivity (Wildman–Crippen MR) is 38.1 cm³/mol. The summed E-state index contributed by atoms with van der Waals surface area (Å²) in [5, 5.41) is 0. The Morgan fingerprint density at radius 1 is 1.75 bits per heavy atom. The zero-order valence-electron chi connectivity index (χ0n) is 7.68. The van der Waals surface area contributed by atoms with Crippen molar-refractivity contribution in [1.29, 1.82) is 0 Å². The predicted octanol–water partition coefficient (Wildman–Crippen LogP) is 1.47. The van der Waals surface area contributed by atoms with E-state index in [2.05, 4.69) is 6.92 Å². The van der Waals surface area contributed by atoms with Crippen LogP contribution in [0.5, 0.6) is 0 Å². The fraction of sp³-hybridized carbons (Fsp3) is 0.833. The van der Waals surface area contributed by atoms with Crippen molar-refractivity contribution < 1.29 is 7.65 Å². The van der Waals surface area contributed by atoms with Gasteiger partial charge in [0, 0.05) is 5.92 Å². The maximum Gasteiger partial charge on any atom is 2.00 e. The third kappa shape index (κ3) is 6.44. The molecular formula is C6H14MgO. The van der Waals surface area contributed by atoms with Crippen LogP contribution in [0, 0.1) is 5.92 Å². The van der Waals surface area contributed by atoms with Crippen LogP contribution in [-0.4, -0.2) is 29.3 Å². The molecule has 0 amide bonds. The average molecular weight is 126 g/mol. The van der Waals surface area contributed by atoms with Crippen molar-refractivity contribution in [1.82, 2.24) is 0 Å². The van der Waals surface area contributed by atoms with E-state index in [0.717, 1.165) is 19.1 Å². The molecule has 0 aliphatic heterocycles. The van der Waals surface area contributed by atoms with Gasteiger partial charge >= 0.3 is 23.1 Å². The molecule has 46 valence electrons. The third-order valence-electron chi connectivity index (χ3n) is 0.976. The Morgan fingerprint density at radius 3 is 2.38 bits per heavy atom. The first-order valence-corrected chi connectivity index (χ1v) is 2.76. The Morgan fingerprint density at radius 2 is 2.25 bits per heavy atom. The Bertz CT molecular complexity index is 61.7. The van der Waals surface area contributed by atoms with Gasteiger partial charge in [0.2, 0.25) is 0 Å². The largest absolute Gasteiger partial charge is 2.00 e. The molecule has 2 heteroatoms. The second-order valence-electron chi connectivity index (χ2n) is 1.90. The standard InChI is InChI=1S/C6H12O.Mg.2H/c1-3-4-6(2)5-7;;;/h5-6H,3-4H2,1-2H3;;;/q;+2;2*-1. The van der Waals surface area contributed by atoms with E-state index >= 15 is 0 Å². The number of hydrogen-bond acceptors (Lipinski definition) is 1. The molecule has 0 rings (SSSR count). The van der Waals surface area contributed by atoms with Crippen LogP contribution in [0.15, 0.2) is 0 Å². The topological polar surface area (TPSA) is 17.1 Å². The van der Waals surface area contributed by atoms with Gasteiger partial charge in [-0.2, -0.15) is 0 Å². The summed E-state index contributed by atoms with van der Waals surface area (Å²) < 4.78 is 0. The van der Waals surface area contributed by atoms with Crippen molar-refractivity contribution in [3.63, 3.8) is 0 Å². The van der Waals surface area contributed by atoms with Crippen molar-refractivity contribution >= 4 is 29.3 Å². The second kappa shape index (κ2) is 7.44. The molecule has 1 atom stereocenters. The van der Waals surface area contributed by atoms with Crippen molar-refractivity contribution in [2.45, 2.75) is 26.7 Å². The minimum atomic E-state index is 0. The number of aldehydes is 1. The van der Waals surface area contributed by atoms with Crippen molar-refractivity contribution in [3.05, 3.63) is 0 Å². The number of carbonyl (C=O) groups excluding carboxylic acids is 1. The number of hydrogen-bond donors (Lipinski definition) is 0. The van der Waals surface area contributed by atoms with Gasteiger partial charge in [-0.15, -0.1) is 0 Å². The molecule has 0 aromatic heterocycles. The van der Waals surface area contributed by atoms with Crippen LogP contribution in [0.25, 0.3) is 0 Å². The zero-order chi connectivity index (χ0) is 5.70. The molecular weight excluding hydrogens is 112 g/mol. The second-order valence-corrected chi connectivity index (χ2v) is 1.90. The van der Waals surface area contributed by atoms with Gasteiger partial charge in [0.05, 0.1) is 0 Å². The molecule has 0 aromatic rings. The smallest absolute Gasteiger partial charge is 1.00 e. The molecule has 0 N–H and O–H groups in total. The van der Waals surface area contributed by atoms with Crippen molar-refractivity contribution in [2.75, 3.05) is 0 Å². The van der Waals surface area contributed by atoms with Gasteiger partial charge in [0.15, 0.2) is 0 Å². The summed E-state index contributed by atoms with van der Waals surface area (Å²) in [5.74, 6) is 0.269. The average Bonchev–Trinajstić information content (AvgIpc) is 1.68. The monoisotopic (exact) mass is 126 g/mol. The van der Waals surface area contributed by atoms with Crippen molar-refractivity contribution in [3.8, 4) is 0 Å². The maximum atomic E-state index is 9.89. The zero-order valence-corrected chi connectivity index (χ0v) is 7.10. The van der Waals surface area contributed by atoms with Gasteiger partial charge in [-0.25, -0.2) is 0 Å². The first kappa shape index (κ1) is 11.3. The van der Waals surface area contributed by atoms with E-state index in [1.807, 2.05) is 6.92 Å². The minimum Gasteiger partial charge on any atom is -1.00 e. The first-order valence-electron chi connectivity index (χ1n) is 2.76. The van der Waals surface area contributed by atoms with E-state index in [1.165, 1.54) is 0 Å². The minimum absolute atomic E-state index is 0. The molecule has 0 heterocycles. The van der Waals surface area contributed by atoms with Crippen LogP contribution >= 0.6 is 0 Å². The Balaban J connectivity index is -0.0000000600. The fourth-order valence-electron chi connectivity index (χ4n) is 0.523. The van der Waals surface area contributed by atoms with Crippen LogP contribution in [0.2, 0.25) is 0 Å². The van der Waals surface area contributed by atoms with Gasteiger partial charge in [-0.1, -0.05) is 20.3 Å². The van der Waals surface area contributed by atoms with E-state index in [0.29, 0.717) is 0 Å². The maximum absolute atomic E-state index is 9.89. The normalized spacial score (nSPS) is 11.8. The molecule has 0 aliphatic rings. The van der Waals surface area contributed by atoms with Crippen LogP contribution in [0.4, 0.5) is 0 Å². The molecule has 0 saturated carbocycles. The summed E-state index contributed by atoms with van der Waals surface area (Å²) in [6, 6.07) is 0. The molecule has 0 bridgehead atoms. The molecule has 1 nitrogen and oxygen atoms in total. The summed E-state index contributed by atoms with van der Waals surface area (Å²) in [7, 11) is 0. The van der Waals surface area contributed by atoms with Gasteiger partial charge in [-0.3, -0.25) is 0 Å². The Labute approximate surface area is 70.0 Å². The molecule has 8 heavy (non-hydrogen) atoms. The van der Waals surface area contributed by atoms with Gasteiger partial charge in [0.25, 0.3) is 0 Å². The summed E-state index contributed by atoms with van der Waals surface area (Å²) in [4.78, 5) is 9.89. The number of carbonyl (C=O) groups is 1. The van der Waals surface area contributed by atoms with Gasteiger partial charge in [-0.05, 0) is 6.42 Å². The number of rotatable bonds is 3. The Hall–Kier alpha value is 0.436. The molecule has 0 radical (unpaired) electrons. The van der Waals surface area contributed by atoms with Crippen LogP contribution in [0.3, 0.4) is 0 Å². The van der Waals surface area contributed by atoms with E-state index in [1.54, 1.807) is 0 Å². The molecule has 0 spiro atoms. The van der Waals surface area contributed by atoms with E-state index in [9.17, 15) is 4.79 Å².